The van der Waals surface area contributed by atoms with Crippen LogP contribution >= 0.6 is 0 Å². The summed E-state index contributed by atoms with van der Waals surface area (Å²) >= 11 is 0. The Balaban J connectivity index is 1.78. The Labute approximate surface area is 169 Å². The first-order valence-corrected chi connectivity index (χ1v) is 10.6. The Kier molecular flexibility index (Phi) is 5.50. The van der Waals surface area contributed by atoms with Gasteiger partial charge in [-0.1, -0.05) is 6.07 Å². The predicted molar refractivity (Wildman–Crippen MR) is 105 cm³/mol. The number of rotatable bonds is 4. The minimum Gasteiger partial charge on any atom is -0.395 e. The number of nitro groups is 1. The van der Waals surface area contributed by atoms with Crippen LogP contribution in [0.25, 0.3) is 0 Å². The largest absolute Gasteiger partial charge is 0.433 e. The highest BCUT2D eigenvalue weighted by Gasteiger charge is 2.34. The van der Waals surface area contributed by atoms with E-state index in [0.29, 0.717) is 4.90 Å². The van der Waals surface area contributed by atoms with Crippen LogP contribution in [-0.2, 0) is 10.0 Å². The molecule has 1 saturated heterocycles. The summed E-state index contributed by atoms with van der Waals surface area (Å²) in [4.78, 5) is 24.3. The van der Waals surface area contributed by atoms with Crippen LogP contribution in [0.15, 0.2) is 27.5 Å². The summed E-state index contributed by atoms with van der Waals surface area (Å²) in [5.74, 6) is -1.13. The highest BCUT2D eigenvalue weighted by atomic mass is 32.2. The van der Waals surface area contributed by atoms with Gasteiger partial charge in [0.15, 0.2) is 5.76 Å². The Bertz CT molecular complexity index is 1060. The molecule has 29 heavy (non-hydrogen) atoms. The number of hydrogen-bond donors (Lipinski definition) is 0. The van der Waals surface area contributed by atoms with Gasteiger partial charge in [-0.15, -0.1) is 0 Å². The molecule has 1 fully saturated rings. The van der Waals surface area contributed by atoms with Gasteiger partial charge in [0.05, 0.1) is 11.0 Å². The van der Waals surface area contributed by atoms with Crippen molar-refractivity contribution in [3.63, 3.8) is 0 Å². The zero-order valence-corrected chi connectivity index (χ0v) is 17.6. The van der Waals surface area contributed by atoms with E-state index >= 15 is 0 Å². The Morgan fingerprint density at radius 1 is 1.03 bits per heavy atom. The van der Waals surface area contributed by atoms with E-state index in [4.69, 9.17) is 4.42 Å². The molecule has 9 nitrogen and oxygen atoms in total. The smallest absolute Gasteiger partial charge is 0.395 e. The molecular formula is C19H23N3O6S. The minimum atomic E-state index is -3.71. The zero-order chi connectivity index (χ0) is 21.5. The molecule has 0 atom stereocenters. The lowest BCUT2D eigenvalue weighted by atomic mass is 10.0. The van der Waals surface area contributed by atoms with Gasteiger partial charge in [-0.3, -0.25) is 14.9 Å². The fourth-order valence-electron chi connectivity index (χ4n) is 3.52. The van der Waals surface area contributed by atoms with Crippen LogP contribution in [0.5, 0.6) is 0 Å². The molecule has 1 aliphatic rings. The summed E-state index contributed by atoms with van der Waals surface area (Å²) in [7, 11) is -3.71. The normalized spacial score (nSPS) is 15.5. The molecule has 156 valence electrons. The molecule has 0 bridgehead atoms. The molecule has 2 aromatic rings. The summed E-state index contributed by atoms with van der Waals surface area (Å²) in [6, 6.07) is 4.36. The predicted octanol–water partition coefficient (Wildman–Crippen LogP) is 2.57. The first kappa shape index (κ1) is 21.0. The molecule has 0 radical (unpaired) electrons. The van der Waals surface area contributed by atoms with Crippen LogP contribution in [-0.4, -0.2) is 54.6 Å². The lowest BCUT2D eigenvalue weighted by molar-refractivity contribution is -0.402. The standard InChI is InChI=1S/C19H23N3O6S/c1-12-11-13(2)15(4)18(14(12)3)29(26,27)21-9-7-20(8-10-21)19(23)16-5-6-17(28-16)22(24)25/h5-6,11H,7-10H2,1-4H3. The van der Waals surface area contributed by atoms with Crippen molar-refractivity contribution in [2.45, 2.75) is 32.6 Å². The maximum Gasteiger partial charge on any atom is 0.433 e. The second-order valence-corrected chi connectivity index (χ2v) is 9.06. The Hall–Kier alpha value is -2.72. The van der Waals surface area contributed by atoms with Crippen LogP contribution in [0.2, 0.25) is 0 Å². The van der Waals surface area contributed by atoms with Gasteiger partial charge in [0.1, 0.15) is 4.92 Å². The number of hydrogen-bond acceptors (Lipinski definition) is 6. The van der Waals surface area contributed by atoms with Crippen molar-refractivity contribution in [1.82, 2.24) is 9.21 Å². The molecular weight excluding hydrogens is 398 g/mol. The number of aryl methyl sites for hydroxylation is 2. The molecule has 1 aromatic carbocycles. The molecule has 0 unspecified atom stereocenters. The van der Waals surface area contributed by atoms with Crippen LogP contribution in [0, 0.1) is 37.8 Å². The fourth-order valence-corrected chi connectivity index (χ4v) is 5.52. The second kappa shape index (κ2) is 7.60. The molecule has 0 spiro atoms. The van der Waals surface area contributed by atoms with E-state index in [0.717, 1.165) is 28.3 Å². The van der Waals surface area contributed by atoms with Gasteiger partial charge in [0, 0.05) is 26.2 Å². The van der Waals surface area contributed by atoms with Gasteiger partial charge >= 0.3 is 5.88 Å². The van der Waals surface area contributed by atoms with E-state index in [9.17, 15) is 23.3 Å². The summed E-state index contributed by atoms with van der Waals surface area (Å²) in [6.45, 7) is 8.02. The van der Waals surface area contributed by atoms with Gasteiger partial charge in [0.2, 0.25) is 10.0 Å². The lowest BCUT2D eigenvalue weighted by Crippen LogP contribution is -2.50. The van der Waals surface area contributed by atoms with E-state index in [2.05, 4.69) is 0 Å². The van der Waals surface area contributed by atoms with E-state index in [1.807, 2.05) is 19.9 Å². The number of furan rings is 1. The molecule has 1 aliphatic heterocycles. The molecule has 0 saturated carbocycles. The molecule has 2 heterocycles. The fraction of sp³-hybridized carbons (Fsp3) is 0.421. The Morgan fingerprint density at radius 3 is 2.07 bits per heavy atom. The molecule has 0 N–H and O–H groups in total. The first-order chi connectivity index (χ1) is 13.5. The minimum absolute atomic E-state index is 0.131. The summed E-state index contributed by atoms with van der Waals surface area (Å²) < 4.78 is 32.9. The third-order valence-electron chi connectivity index (χ3n) is 5.40. The average molecular weight is 421 g/mol. The van der Waals surface area contributed by atoms with Crippen LogP contribution in [0.3, 0.4) is 0 Å². The molecule has 1 amide bonds. The van der Waals surface area contributed by atoms with Crippen molar-refractivity contribution in [3.05, 3.63) is 56.3 Å². The van der Waals surface area contributed by atoms with Crippen molar-refractivity contribution in [2.75, 3.05) is 26.2 Å². The van der Waals surface area contributed by atoms with Crippen LogP contribution in [0.4, 0.5) is 5.88 Å². The van der Waals surface area contributed by atoms with Crippen molar-refractivity contribution in [1.29, 1.82) is 0 Å². The SMILES string of the molecule is Cc1cc(C)c(C)c(S(=O)(=O)N2CCN(C(=O)c3ccc([N+](=O)[O-])o3)CC2)c1C. The van der Waals surface area contributed by atoms with Gasteiger partial charge < -0.3 is 9.32 Å². The summed E-state index contributed by atoms with van der Waals surface area (Å²) in [6.07, 6.45) is 0. The van der Waals surface area contributed by atoms with Crippen molar-refractivity contribution >= 4 is 21.8 Å². The second-order valence-electron chi connectivity index (χ2n) is 7.18. The average Bonchev–Trinajstić information content (AvgIpc) is 3.16. The van der Waals surface area contributed by atoms with Crippen molar-refractivity contribution in [2.24, 2.45) is 0 Å². The molecule has 10 heteroatoms. The Morgan fingerprint density at radius 2 is 1.59 bits per heavy atom. The van der Waals surface area contributed by atoms with Crippen molar-refractivity contribution in [3.8, 4) is 0 Å². The monoisotopic (exact) mass is 421 g/mol. The highest BCUT2D eigenvalue weighted by molar-refractivity contribution is 7.89. The van der Waals surface area contributed by atoms with Crippen molar-refractivity contribution < 1.29 is 22.6 Å². The maximum absolute atomic E-state index is 13.3. The third-order valence-corrected chi connectivity index (χ3v) is 7.58. The number of sulfonamides is 1. The summed E-state index contributed by atoms with van der Waals surface area (Å²) in [5.41, 5.74) is 3.30. The number of piperazine rings is 1. The van der Waals surface area contributed by atoms with E-state index in [-0.39, 0.29) is 31.9 Å². The topological polar surface area (TPSA) is 114 Å². The number of carbonyl (C=O) groups excluding carboxylic acids is 1. The molecule has 0 aliphatic carbocycles. The van der Waals surface area contributed by atoms with Gasteiger partial charge in [-0.05, 0) is 56.0 Å². The van der Waals surface area contributed by atoms with Gasteiger partial charge in [-0.25, -0.2) is 8.42 Å². The third kappa shape index (κ3) is 3.77. The van der Waals surface area contributed by atoms with Crippen LogP contribution < -0.4 is 0 Å². The first-order valence-electron chi connectivity index (χ1n) is 9.15. The summed E-state index contributed by atoms with van der Waals surface area (Å²) in [5, 5.41) is 10.7. The van der Waals surface area contributed by atoms with E-state index in [1.165, 1.54) is 15.3 Å². The maximum atomic E-state index is 13.3. The zero-order valence-electron chi connectivity index (χ0n) is 16.8. The molecule has 1 aromatic heterocycles. The van der Waals surface area contributed by atoms with Gasteiger partial charge in [0.25, 0.3) is 5.91 Å². The van der Waals surface area contributed by atoms with E-state index < -0.39 is 26.7 Å². The number of benzene rings is 1. The number of amides is 1. The van der Waals surface area contributed by atoms with Gasteiger partial charge in [-0.2, -0.15) is 4.31 Å². The van der Waals surface area contributed by atoms with Crippen LogP contribution in [0.1, 0.15) is 32.8 Å². The van der Waals surface area contributed by atoms with E-state index in [1.54, 1.807) is 13.8 Å². The number of carbonyl (C=O) groups is 1. The molecule has 3 rings (SSSR count). The highest BCUT2D eigenvalue weighted by Crippen LogP contribution is 2.29. The number of nitrogens with zero attached hydrogens (tertiary/aromatic N) is 3. The quantitative estimate of drug-likeness (QED) is 0.554. The lowest BCUT2D eigenvalue weighted by Gasteiger charge is -2.34.